The third kappa shape index (κ3) is 4.51. The molecular formula is C20H23N5O3. The van der Waals surface area contributed by atoms with Crippen molar-refractivity contribution >= 4 is 34.0 Å². The van der Waals surface area contributed by atoms with Crippen LogP contribution in [0.15, 0.2) is 30.6 Å². The van der Waals surface area contributed by atoms with E-state index in [4.69, 9.17) is 4.74 Å². The Hall–Kier alpha value is -3.29. The van der Waals surface area contributed by atoms with Crippen molar-refractivity contribution < 1.29 is 14.3 Å². The number of aromatic nitrogens is 4. The highest BCUT2D eigenvalue weighted by Gasteiger charge is 2.20. The van der Waals surface area contributed by atoms with Crippen molar-refractivity contribution in [2.75, 3.05) is 5.32 Å². The molecule has 3 rings (SSSR count). The number of Topliss-reactive ketones (excluding diaryl/α,β-unsaturated/α-hetero) is 1. The lowest BCUT2D eigenvalue weighted by Crippen LogP contribution is -2.26. The molecule has 0 aliphatic rings. The molecule has 28 heavy (non-hydrogen) atoms. The van der Waals surface area contributed by atoms with Gasteiger partial charge in [0, 0.05) is 18.0 Å². The zero-order chi connectivity index (χ0) is 20.5. The predicted molar refractivity (Wildman–Crippen MR) is 106 cm³/mol. The molecule has 0 aliphatic carbocycles. The van der Waals surface area contributed by atoms with E-state index in [-0.39, 0.29) is 12.3 Å². The molecule has 0 unspecified atom stereocenters. The summed E-state index contributed by atoms with van der Waals surface area (Å²) in [6.45, 7) is 8.61. The number of carbonyl (C=O) groups excluding carboxylic acids is 2. The summed E-state index contributed by atoms with van der Waals surface area (Å²) >= 11 is 0. The van der Waals surface area contributed by atoms with Gasteiger partial charge in [0.15, 0.2) is 5.78 Å². The molecule has 0 spiro atoms. The fraction of sp³-hybridized carbons (Fsp3) is 0.350. The molecule has 8 nitrogen and oxygen atoms in total. The van der Waals surface area contributed by atoms with Crippen LogP contribution in [0.1, 0.15) is 44.0 Å². The lowest BCUT2D eigenvalue weighted by molar-refractivity contribution is -0.155. The maximum atomic E-state index is 12.2. The Morgan fingerprint density at radius 3 is 2.43 bits per heavy atom. The van der Waals surface area contributed by atoms with Crippen LogP contribution in [0.25, 0.3) is 10.9 Å². The van der Waals surface area contributed by atoms with E-state index in [0.717, 1.165) is 11.4 Å². The van der Waals surface area contributed by atoms with Gasteiger partial charge in [0.1, 0.15) is 23.7 Å². The van der Waals surface area contributed by atoms with E-state index in [2.05, 4.69) is 20.4 Å². The van der Waals surface area contributed by atoms with E-state index in [1.165, 1.54) is 11.6 Å². The molecule has 146 valence electrons. The highest BCUT2D eigenvalue weighted by atomic mass is 16.6. The second-order valence-electron chi connectivity index (χ2n) is 7.52. The van der Waals surface area contributed by atoms with Gasteiger partial charge in [-0.3, -0.25) is 14.3 Å². The smallest absolute Gasteiger partial charge is 0.328 e. The topological polar surface area (TPSA) is 99.0 Å². The van der Waals surface area contributed by atoms with Gasteiger partial charge in [-0.1, -0.05) is 0 Å². The average molecular weight is 381 g/mol. The van der Waals surface area contributed by atoms with Crippen LogP contribution in [-0.4, -0.2) is 37.1 Å². The number of nitrogens with one attached hydrogen (secondary N) is 1. The molecule has 0 amide bonds. The Morgan fingerprint density at radius 1 is 1.14 bits per heavy atom. The van der Waals surface area contributed by atoms with E-state index in [1.807, 2.05) is 25.1 Å². The second kappa shape index (κ2) is 7.38. The second-order valence-corrected chi connectivity index (χ2v) is 7.52. The van der Waals surface area contributed by atoms with Crippen LogP contribution in [0.2, 0.25) is 0 Å². The number of carbonyl (C=O) groups is 2. The van der Waals surface area contributed by atoms with E-state index < -0.39 is 11.6 Å². The molecule has 0 atom stereocenters. The van der Waals surface area contributed by atoms with Crippen molar-refractivity contribution in [2.45, 2.75) is 46.8 Å². The standard InChI is InChI=1S/C20H23N5O3/c1-12(26)19-16-8-14(23-15-9-21-13(2)22-10-15)6-7-17(16)25(24-19)11-18(27)28-20(3,4)5/h6-10,23H,11H2,1-5H3. The summed E-state index contributed by atoms with van der Waals surface area (Å²) in [6, 6.07) is 5.49. The molecule has 2 heterocycles. The van der Waals surface area contributed by atoms with Gasteiger partial charge in [-0.05, 0) is 45.9 Å². The van der Waals surface area contributed by atoms with Crippen LogP contribution >= 0.6 is 0 Å². The summed E-state index contributed by atoms with van der Waals surface area (Å²) in [7, 11) is 0. The zero-order valence-electron chi connectivity index (χ0n) is 16.6. The molecule has 2 aromatic heterocycles. The van der Waals surface area contributed by atoms with E-state index in [0.29, 0.717) is 22.4 Å². The first-order valence-corrected chi connectivity index (χ1v) is 8.91. The van der Waals surface area contributed by atoms with Gasteiger partial charge >= 0.3 is 5.97 Å². The van der Waals surface area contributed by atoms with Gasteiger partial charge in [0.2, 0.25) is 0 Å². The van der Waals surface area contributed by atoms with Gasteiger partial charge in [0.25, 0.3) is 0 Å². The first-order valence-electron chi connectivity index (χ1n) is 8.91. The van der Waals surface area contributed by atoms with Crippen LogP contribution in [0, 0.1) is 6.92 Å². The minimum atomic E-state index is -0.587. The quantitative estimate of drug-likeness (QED) is 0.534. The van der Waals surface area contributed by atoms with E-state index in [1.54, 1.807) is 33.2 Å². The first-order chi connectivity index (χ1) is 13.1. The molecular weight excluding hydrogens is 358 g/mol. The van der Waals surface area contributed by atoms with Gasteiger partial charge in [-0.25, -0.2) is 9.97 Å². The number of esters is 1. The Bertz CT molecular complexity index is 1030. The molecule has 1 aromatic carbocycles. The number of nitrogens with zero attached hydrogens (tertiary/aromatic N) is 4. The molecule has 8 heteroatoms. The number of hydrogen-bond donors (Lipinski definition) is 1. The normalized spacial score (nSPS) is 11.5. The fourth-order valence-electron chi connectivity index (χ4n) is 2.76. The summed E-state index contributed by atoms with van der Waals surface area (Å²) in [5.74, 6) is 0.0954. The molecule has 0 saturated carbocycles. The summed E-state index contributed by atoms with van der Waals surface area (Å²) in [5, 5.41) is 8.20. The third-order valence-corrected chi connectivity index (χ3v) is 3.85. The largest absolute Gasteiger partial charge is 0.459 e. The van der Waals surface area contributed by atoms with E-state index >= 15 is 0 Å². The third-order valence-electron chi connectivity index (χ3n) is 3.85. The Kier molecular flexibility index (Phi) is 5.13. The zero-order valence-corrected chi connectivity index (χ0v) is 16.6. The van der Waals surface area contributed by atoms with Crippen molar-refractivity contribution in [3.05, 3.63) is 42.1 Å². The minimum absolute atomic E-state index is 0.0698. The summed E-state index contributed by atoms with van der Waals surface area (Å²) < 4.78 is 6.86. The Balaban J connectivity index is 1.93. The number of fused-ring (bicyclic) bond motifs is 1. The van der Waals surface area contributed by atoms with Gasteiger partial charge in [0.05, 0.1) is 23.6 Å². The SMILES string of the molecule is CC(=O)c1nn(CC(=O)OC(C)(C)C)c2ccc(Nc3cnc(C)nc3)cc12. The highest BCUT2D eigenvalue weighted by molar-refractivity contribution is 6.06. The molecule has 1 N–H and O–H groups in total. The van der Waals surface area contributed by atoms with Crippen molar-refractivity contribution in [3.8, 4) is 0 Å². The van der Waals surface area contributed by atoms with Gasteiger partial charge in [-0.15, -0.1) is 0 Å². The minimum Gasteiger partial charge on any atom is -0.459 e. The number of ketones is 1. The lowest BCUT2D eigenvalue weighted by Gasteiger charge is -2.19. The van der Waals surface area contributed by atoms with Crippen LogP contribution in [0.5, 0.6) is 0 Å². The number of anilines is 2. The van der Waals surface area contributed by atoms with Crippen molar-refractivity contribution in [1.29, 1.82) is 0 Å². The van der Waals surface area contributed by atoms with Crippen molar-refractivity contribution in [1.82, 2.24) is 19.7 Å². The van der Waals surface area contributed by atoms with Crippen LogP contribution in [0.4, 0.5) is 11.4 Å². The van der Waals surface area contributed by atoms with Crippen LogP contribution < -0.4 is 5.32 Å². The molecule has 3 aromatic rings. The number of ether oxygens (including phenoxy) is 1. The number of rotatable bonds is 5. The summed E-state index contributed by atoms with van der Waals surface area (Å²) in [5.41, 5.74) is 1.90. The van der Waals surface area contributed by atoms with E-state index in [9.17, 15) is 9.59 Å². The predicted octanol–water partition coefficient (Wildman–Crippen LogP) is 3.42. The fourth-order valence-corrected chi connectivity index (χ4v) is 2.76. The van der Waals surface area contributed by atoms with Crippen molar-refractivity contribution in [3.63, 3.8) is 0 Å². The lowest BCUT2D eigenvalue weighted by atomic mass is 10.1. The monoisotopic (exact) mass is 381 g/mol. The maximum Gasteiger partial charge on any atom is 0.328 e. The Morgan fingerprint density at radius 2 is 1.82 bits per heavy atom. The first kappa shape index (κ1) is 19.5. The number of aryl methyl sites for hydroxylation is 1. The number of benzene rings is 1. The Labute approximate surface area is 162 Å². The molecule has 0 fully saturated rings. The molecule has 0 aliphatic heterocycles. The highest BCUT2D eigenvalue weighted by Crippen LogP contribution is 2.25. The average Bonchev–Trinajstić information content (AvgIpc) is 2.93. The van der Waals surface area contributed by atoms with Crippen LogP contribution in [0.3, 0.4) is 0 Å². The summed E-state index contributed by atoms with van der Waals surface area (Å²) in [6.07, 6.45) is 3.37. The molecule has 0 radical (unpaired) electrons. The maximum absolute atomic E-state index is 12.2. The van der Waals surface area contributed by atoms with Gasteiger partial charge < -0.3 is 10.1 Å². The number of hydrogen-bond acceptors (Lipinski definition) is 7. The molecule has 0 saturated heterocycles. The van der Waals surface area contributed by atoms with Crippen LogP contribution in [-0.2, 0) is 16.1 Å². The summed E-state index contributed by atoms with van der Waals surface area (Å²) in [4.78, 5) is 32.6. The van der Waals surface area contributed by atoms with Crippen molar-refractivity contribution in [2.24, 2.45) is 0 Å². The van der Waals surface area contributed by atoms with Gasteiger partial charge in [-0.2, -0.15) is 5.10 Å². The molecule has 0 bridgehead atoms.